The zero-order chi connectivity index (χ0) is 17.4. The second-order valence-corrected chi connectivity index (χ2v) is 6.63. The number of aliphatic hydroxyl groups is 1. The minimum absolute atomic E-state index is 0.322. The molecule has 1 saturated carbocycles. The van der Waals surface area contributed by atoms with Crippen LogP contribution in [0, 0.1) is 5.92 Å². The first-order chi connectivity index (χ1) is 11.6. The van der Waals surface area contributed by atoms with Gasteiger partial charge in [0.15, 0.2) is 11.5 Å². The Kier molecular flexibility index (Phi) is 7.82. The molecule has 24 heavy (non-hydrogen) atoms. The predicted molar refractivity (Wildman–Crippen MR) is 94.6 cm³/mol. The van der Waals surface area contributed by atoms with E-state index in [1.165, 1.54) is 25.7 Å². The minimum Gasteiger partial charge on any atom is -0.493 e. The summed E-state index contributed by atoms with van der Waals surface area (Å²) in [5.74, 6) is 2.08. The molecular weight excluding hydrogens is 306 g/mol. The van der Waals surface area contributed by atoms with Crippen LogP contribution in [0.2, 0.25) is 0 Å². The number of aliphatic hydroxyl groups excluding tert-OH is 1. The number of nitrogens with one attached hydrogen (secondary N) is 1. The van der Waals surface area contributed by atoms with E-state index in [1.807, 2.05) is 18.2 Å². The molecule has 1 aliphatic rings. The number of methoxy groups -OCH3 is 2. The molecule has 5 nitrogen and oxygen atoms in total. The molecule has 0 aromatic heterocycles. The van der Waals surface area contributed by atoms with Crippen molar-refractivity contribution in [1.82, 2.24) is 5.32 Å². The summed E-state index contributed by atoms with van der Waals surface area (Å²) >= 11 is 0. The highest BCUT2D eigenvalue weighted by atomic mass is 16.5. The molecule has 0 radical (unpaired) electrons. The van der Waals surface area contributed by atoms with Crippen LogP contribution >= 0.6 is 0 Å². The standard InChI is InChI=1S/C19H31NO4/c1-14-6-4-5-7-17(14)20-11-16(21)13-24-12-15-8-9-18(22-2)19(10-15)23-3/h8-10,14,16-17,20-21H,4-7,11-13H2,1-3H3/t14-,16-,17+/m0/s1. The van der Waals surface area contributed by atoms with Gasteiger partial charge in [0, 0.05) is 12.6 Å². The Hall–Kier alpha value is -1.30. The van der Waals surface area contributed by atoms with Crippen molar-refractivity contribution in [1.29, 1.82) is 0 Å². The van der Waals surface area contributed by atoms with Crippen LogP contribution in [0.1, 0.15) is 38.2 Å². The first-order valence-electron chi connectivity index (χ1n) is 8.84. The van der Waals surface area contributed by atoms with E-state index in [0.717, 1.165) is 5.56 Å². The third-order valence-electron chi connectivity index (χ3n) is 4.75. The summed E-state index contributed by atoms with van der Waals surface area (Å²) in [6, 6.07) is 6.22. The highest BCUT2D eigenvalue weighted by Gasteiger charge is 2.21. The molecule has 0 bridgehead atoms. The smallest absolute Gasteiger partial charge is 0.161 e. The van der Waals surface area contributed by atoms with Gasteiger partial charge in [0.05, 0.1) is 33.5 Å². The summed E-state index contributed by atoms with van der Waals surface area (Å²) in [6.07, 6.45) is 4.62. The molecular formula is C19H31NO4. The molecule has 0 saturated heterocycles. The summed E-state index contributed by atoms with van der Waals surface area (Å²) in [4.78, 5) is 0. The van der Waals surface area contributed by atoms with Crippen molar-refractivity contribution in [2.24, 2.45) is 5.92 Å². The Morgan fingerprint density at radius 2 is 1.92 bits per heavy atom. The summed E-state index contributed by atoms with van der Waals surface area (Å²) in [6.45, 7) is 3.64. The maximum Gasteiger partial charge on any atom is 0.161 e. The molecule has 1 aliphatic carbocycles. The topological polar surface area (TPSA) is 60.0 Å². The number of ether oxygens (including phenoxy) is 3. The first kappa shape index (κ1) is 19.0. The molecule has 0 aliphatic heterocycles. The fourth-order valence-corrected chi connectivity index (χ4v) is 3.25. The van der Waals surface area contributed by atoms with E-state index in [2.05, 4.69) is 12.2 Å². The SMILES string of the molecule is COc1ccc(COC[C@@H](O)CN[C@@H]2CCCC[C@@H]2C)cc1OC. The van der Waals surface area contributed by atoms with E-state index in [0.29, 0.717) is 43.2 Å². The Morgan fingerprint density at radius 1 is 1.17 bits per heavy atom. The van der Waals surface area contributed by atoms with Gasteiger partial charge in [-0.05, 0) is 36.5 Å². The van der Waals surface area contributed by atoms with E-state index < -0.39 is 6.10 Å². The van der Waals surface area contributed by atoms with E-state index in [4.69, 9.17) is 14.2 Å². The highest BCUT2D eigenvalue weighted by Crippen LogP contribution is 2.27. The molecule has 5 heteroatoms. The first-order valence-corrected chi connectivity index (χ1v) is 8.84. The van der Waals surface area contributed by atoms with Crippen molar-refractivity contribution in [2.75, 3.05) is 27.4 Å². The lowest BCUT2D eigenvalue weighted by Gasteiger charge is -2.30. The van der Waals surface area contributed by atoms with Crippen molar-refractivity contribution < 1.29 is 19.3 Å². The van der Waals surface area contributed by atoms with Gasteiger partial charge in [-0.2, -0.15) is 0 Å². The van der Waals surface area contributed by atoms with Gasteiger partial charge in [-0.25, -0.2) is 0 Å². The van der Waals surface area contributed by atoms with Crippen LogP contribution in [-0.2, 0) is 11.3 Å². The monoisotopic (exact) mass is 337 g/mol. The largest absolute Gasteiger partial charge is 0.493 e. The number of hydrogen-bond acceptors (Lipinski definition) is 5. The van der Waals surface area contributed by atoms with E-state index in [1.54, 1.807) is 14.2 Å². The molecule has 0 spiro atoms. The van der Waals surface area contributed by atoms with Gasteiger partial charge in [0.2, 0.25) is 0 Å². The van der Waals surface area contributed by atoms with Gasteiger partial charge in [-0.3, -0.25) is 0 Å². The second kappa shape index (κ2) is 9.87. The van der Waals surface area contributed by atoms with Crippen LogP contribution in [0.3, 0.4) is 0 Å². The lowest BCUT2D eigenvalue weighted by Crippen LogP contribution is -2.42. The Labute approximate surface area is 145 Å². The number of benzene rings is 1. The van der Waals surface area contributed by atoms with Gasteiger partial charge >= 0.3 is 0 Å². The Morgan fingerprint density at radius 3 is 2.62 bits per heavy atom. The maximum absolute atomic E-state index is 10.1. The molecule has 1 aromatic carbocycles. The summed E-state index contributed by atoms with van der Waals surface area (Å²) < 4.78 is 16.1. The van der Waals surface area contributed by atoms with Crippen molar-refractivity contribution in [3.05, 3.63) is 23.8 Å². The van der Waals surface area contributed by atoms with Crippen LogP contribution in [0.25, 0.3) is 0 Å². The zero-order valence-electron chi connectivity index (χ0n) is 15.1. The zero-order valence-corrected chi connectivity index (χ0v) is 15.1. The number of rotatable bonds is 9. The van der Waals surface area contributed by atoms with Crippen LogP contribution in [0.5, 0.6) is 11.5 Å². The van der Waals surface area contributed by atoms with Gasteiger partial charge in [0.25, 0.3) is 0 Å². The van der Waals surface area contributed by atoms with Crippen LogP contribution in [-0.4, -0.2) is 44.6 Å². The average Bonchev–Trinajstić information content (AvgIpc) is 2.61. The summed E-state index contributed by atoms with van der Waals surface area (Å²) in [5, 5.41) is 13.6. The molecule has 0 unspecified atom stereocenters. The van der Waals surface area contributed by atoms with Crippen molar-refractivity contribution in [3.8, 4) is 11.5 Å². The quantitative estimate of drug-likeness (QED) is 0.725. The highest BCUT2D eigenvalue weighted by molar-refractivity contribution is 5.42. The fourth-order valence-electron chi connectivity index (χ4n) is 3.25. The van der Waals surface area contributed by atoms with E-state index in [9.17, 15) is 5.11 Å². The molecule has 0 heterocycles. The Balaban J connectivity index is 1.69. The summed E-state index contributed by atoms with van der Waals surface area (Å²) in [7, 11) is 3.23. The fraction of sp³-hybridized carbons (Fsp3) is 0.684. The molecule has 2 N–H and O–H groups in total. The number of hydrogen-bond donors (Lipinski definition) is 2. The minimum atomic E-state index is -0.487. The van der Waals surface area contributed by atoms with E-state index in [-0.39, 0.29) is 0 Å². The third-order valence-corrected chi connectivity index (χ3v) is 4.75. The predicted octanol–water partition coefficient (Wildman–Crippen LogP) is 2.75. The maximum atomic E-state index is 10.1. The van der Waals surface area contributed by atoms with Crippen LogP contribution < -0.4 is 14.8 Å². The average molecular weight is 337 g/mol. The molecule has 2 rings (SSSR count). The van der Waals surface area contributed by atoms with Crippen molar-refractivity contribution in [2.45, 2.75) is 51.4 Å². The second-order valence-electron chi connectivity index (χ2n) is 6.63. The van der Waals surface area contributed by atoms with Gasteiger partial charge in [-0.1, -0.05) is 25.8 Å². The van der Waals surface area contributed by atoms with Crippen molar-refractivity contribution in [3.63, 3.8) is 0 Å². The molecule has 0 amide bonds. The van der Waals surface area contributed by atoms with Gasteiger partial charge in [0.1, 0.15) is 0 Å². The lowest BCUT2D eigenvalue weighted by atomic mass is 9.86. The molecule has 1 fully saturated rings. The Bertz CT molecular complexity index is 494. The molecule has 136 valence electrons. The van der Waals surface area contributed by atoms with E-state index >= 15 is 0 Å². The third kappa shape index (κ3) is 5.65. The normalized spacial score (nSPS) is 22.2. The van der Waals surface area contributed by atoms with Crippen LogP contribution in [0.4, 0.5) is 0 Å². The summed E-state index contributed by atoms with van der Waals surface area (Å²) in [5.41, 5.74) is 0.994. The van der Waals surface area contributed by atoms with Gasteiger partial charge in [-0.15, -0.1) is 0 Å². The van der Waals surface area contributed by atoms with Gasteiger partial charge < -0.3 is 24.6 Å². The van der Waals surface area contributed by atoms with Crippen LogP contribution in [0.15, 0.2) is 18.2 Å². The molecule has 1 aromatic rings. The molecule has 3 atom stereocenters. The van der Waals surface area contributed by atoms with Crippen molar-refractivity contribution >= 4 is 0 Å². The lowest BCUT2D eigenvalue weighted by molar-refractivity contribution is 0.0259.